The maximum atomic E-state index is 10.8. The quantitative estimate of drug-likeness (QED) is 0.793. The van der Waals surface area contributed by atoms with Gasteiger partial charge in [-0.25, -0.2) is 4.79 Å². The number of carboxylic acids is 1. The third-order valence-corrected chi connectivity index (χ3v) is 2.83. The molecule has 3 N–H and O–H groups in total. The van der Waals surface area contributed by atoms with Crippen molar-refractivity contribution in [3.05, 3.63) is 29.8 Å². The van der Waals surface area contributed by atoms with Gasteiger partial charge in [0.25, 0.3) is 0 Å². The summed E-state index contributed by atoms with van der Waals surface area (Å²) in [6, 6.07) is 7.48. The van der Waals surface area contributed by atoms with Crippen molar-refractivity contribution in [3.8, 4) is 5.75 Å². The predicted molar refractivity (Wildman–Crippen MR) is 66.3 cm³/mol. The summed E-state index contributed by atoms with van der Waals surface area (Å²) in [6.45, 7) is 4.24. The number of hydrogen-bond acceptors (Lipinski definition) is 3. The second kappa shape index (κ2) is 6.25. The van der Waals surface area contributed by atoms with Crippen LogP contribution in [-0.4, -0.2) is 23.7 Å². The second-order valence-electron chi connectivity index (χ2n) is 4.06. The molecule has 1 aromatic rings. The molecule has 94 valence electrons. The summed E-state index contributed by atoms with van der Waals surface area (Å²) < 4.78 is 5.27. The minimum atomic E-state index is -1.04. The zero-order valence-corrected chi connectivity index (χ0v) is 10.2. The normalized spacial score (nSPS) is 14.1. The molecule has 0 aliphatic carbocycles. The van der Waals surface area contributed by atoms with Gasteiger partial charge >= 0.3 is 5.97 Å². The van der Waals surface area contributed by atoms with Crippen molar-refractivity contribution in [3.63, 3.8) is 0 Å². The van der Waals surface area contributed by atoms with Crippen LogP contribution in [0.2, 0.25) is 0 Å². The maximum Gasteiger partial charge on any atom is 0.346 e. The molecule has 0 bridgehead atoms. The van der Waals surface area contributed by atoms with E-state index < -0.39 is 12.1 Å². The Kier molecular flexibility index (Phi) is 4.97. The molecule has 2 atom stereocenters. The van der Waals surface area contributed by atoms with Crippen molar-refractivity contribution in [2.75, 3.05) is 6.54 Å². The molecule has 0 aromatic heterocycles. The molecular weight excluding hydrogens is 218 g/mol. The van der Waals surface area contributed by atoms with Crippen LogP contribution in [0, 0.1) is 0 Å². The molecule has 0 radical (unpaired) electrons. The zero-order chi connectivity index (χ0) is 12.8. The first kappa shape index (κ1) is 13.5. The monoisotopic (exact) mass is 237 g/mol. The highest BCUT2D eigenvalue weighted by molar-refractivity contribution is 5.73. The summed E-state index contributed by atoms with van der Waals surface area (Å²) in [4.78, 5) is 10.8. The molecule has 17 heavy (non-hydrogen) atoms. The third-order valence-electron chi connectivity index (χ3n) is 2.83. The lowest BCUT2D eigenvalue weighted by Gasteiger charge is -2.14. The van der Waals surface area contributed by atoms with E-state index in [0.717, 1.165) is 6.42 Å². The topological polar surface area (TPSA) is 72.5 Å². The van der Waals surface area contributed by atoms with Gasteiger partial charge < -0.3 is 15.6 Å². The summed E-state index contributed by atoms with van der Waals surface area (Å²) in [7, 11) is 0. The summed E-state index contributed by atoms with van der Waals surface area (Å²) in [5.74, 6) is -0.0118. The Bertz CT molecular complexity index is 361. The van der Waals surface area contributed by atoms with Crippen LogP contribution in [0.4, 0.5) is 0 Å². The van der Waals surface area contributed by atoms with Crippen LogP contribution in [0.25, 0.3) is 0 Å². The van der Waals surface area contributed by atoms with Gasteiger partial charge in [-0.1, -0.05) is 26.0 Å². The van der Waals surface area contributed by atoms with E-state index >= 15 is 0 Å². The lowest BCUT2D eigenvalue weighted by Crippen LogP contribution is -2.34. The Morgan fingerprint density at radius 1 is 1.41 bits per heavy atom. The SMILES string of the molecule is CCC(C)c1ccc(OC(CN)C(=O)O)cc1. The Morgan fingerprint density at radius 3 is 2.41 bits per heavy atom. The highest BCUT2D eigenvalue weighted by Gasteiger charge is 2.17. The lowest BCUT2D eigenvalue weighted by atomic mass is 9.99. The first-order chi connectivity index (χ1) is 8.08. The maximum absolute atomic E-state index is 10.8. The molecule has 4 heteroatoms. The van der Waals surface area contributed by atoms with E-state index in [4.69, 9.17) is 15.6 Å². The molecule has 1 aromatic carbocycles. The minimum absolute atomic E-state index is 0.0392. The summed E-state index contributed by atoms with van der Waals surface area (Å²) in [5, 5.41) is 8.81. The molecule has 0 saturated heterocycles. The van der Waals surface area contributed by atoms with Crippen LogP contribution >= 0.6 is 0 Å². The van der Waals surface area contributed by atoms with Crippen LogP contribution in [0.5, 0.6) is 5.75 Å². The zero-order valence-electron chi connectivity index (χ0n) is 10.2. The van der Waals surface area contributed by atoms with E-state index in [1.54, 1.807) is 12.1 Å². The number of hydrogen-bond donors (Lipinski definition) is 2. The van der Waals surface area contributed by atoms with Crippen LogP contribution < -0.4 is 10.5 Å². The molecule has 4 nitrogen and oxygen atoms in total. The van der Waals surface area contributed by atoms with Gasteiger partial charge in [-0.3, -0.25) is 0 Å². The average Bonchev–Trinajstić information content (AvgIpc) is 2.35. The van der Waals surface area contributed by atoms with E-state index in [-0.39, 0.29) is 6.54 Å². The van der Waals surface area contributed by atoms with E-state index in [1.807, 2.05) is 12.1 Å². The highest BCUT2D eigenvalue weighted by Crippen LogP contribution is 2.21. The van der Waals surface area contributed by atoms with Gasteiger partial charge in [0.2, 0.25) is 6.10 Å². The van der Waals surface area contributed by atoms with Gasteiger partial charge in [0.05, 0.1) is 0 Å². The van der Waals surface area contributed by atoms with Crippen molar-refractivity contribution in [2.24, 2.45) is 5.73 Å². The van der Waals surface area contributed by atoms with Crippen LogP contribution in [0.1, 0.15) is 31.7 Å². The van der Waals surface area contributed by atoms with Crippen molar-refractivity contribution in [2.45, 2.75) is 32.3 Å². The minimum Gasteiger partial charge on any atom is -0.478 e. The van der Waals surface area contributed by atoms with Crippen LogP contribution in [0.15, 0.2) is 24.3 Å². The third kappa shape index (κ3) is 3.75. The fourth-order valence-electron chi connectivity index (χ4n) is 1.47. The number of rotatable bonds is 6. The molecule has 0 spiro atoms. The van der Waals surface area contributed by atoms with Gasteiger partial charge in [0.15, 0.2) is 0 Å². The molecule has 0 amide bonds. The highest BCUT2D eigenvalue weighted by atomic mass is 16.5. The van der Waals surface area contributed by atoms with E-state index in [9.17, 15) is 4.79 Å². The van der Waals surface area contributed by atoms with E-state index in [2.05, 4.69) is 13.8 Å². The van der Waals surface area contributed by atoms with Gasteiger partial charge in [0.1, 0.15) is 5.75 Å². The van der Waals surface area contributed by atoms with Crippen molar-refractivity contribution >= 4 is 5.97 Å². The second-order valence-corrected chi connectivity index (χ2v) is 4.06. The molecule has 1 rings (SSSR count). The number of benzene rings is 1. The van der Waals surface area contributed by atoms with Crippen LogP contribution in [0.3, 0.4) is 0 Å². The van der Waals surface area contributed by atoms with Crippen molar-refractivity contribution < 1.29 is 14.6 Å². The predicted octanol–water partition coefficient (Wildman–Crippen LogP) is 1.99. The summed E-state index contributed by atoms with van der Waals surface area (Å²) >= 11 is 0. The Hall–Kier alpha value is -1.55. The molecule has 0 heterocycles. The van der Waals surface area contributed by atoms with Crippen molar-refractivity contribution in [1.29, 1.82) is 0 Å². The Labute approximate surface area is 101 Å². The smallest absolute Gasteiger partial charge is 0.346 e. The molecule has 2 unspecified atom stereocenters. The number of carboxylic acid groups (broad SMARTS) is 1. The lowest BCUT2D eigenvalue weighted by molar-refractivity contribution is -0.144. The fraction of sp³-hybridized carbons (Fsp3) is 0.462. The fourth-order valence-corrected chi connectivity index (χ4v) is 1.47. The molecule has 0 saturated carbocycles. The van der Waals surface area contributed by atoms with Crippen LogP contribution in [-0.2, 0) is 4.79 Å². The molecule has 0 fully saturated rings. The number of aliphatic carboxylic acids is 1. The van der Waals surface area contributed by atoms with Gasteiger partial charge in [-0.15, -0.1) is 0 Å². The Morgan fingerprint density at radius 2 is 2.00 bits per heavy atom. The van der Waals surface area contributed by atoms with E-state index in [0.29, 0.717) is 11.7 Å². The van der Waals surface area contributed by atoms with E-state index in [1.165, 1.54) is 5.56 Å². The van der Waals surface area contributed by atoms with Crippen molar-refractivity contribution in [1.82, 2.24) is 0 Å². The first-order valence-corrected chi connectivity index (χ1v) is 5.78. The van der Waals surface area contributed by atoms with Gasteiger partial charge in [0, 0.05) is 6.54 Å². The van der Waals surface area contributed by atoms with Gasteiger partial charge in [-0.05, 0) is 30.0 Å². The molecular formula is C13H19NO3. The summed E-state index contributed by atoms with van der Waals surface area (Å²) in [6.07, 6.45) is 0.0882. The largest absolute Gasteiger partial charge is 0.478 e. The number of nitrogens with two attached hydrogens (primary N) is 1. The average molecular weight is 237 g/mol. The summed E-state index contributed by atoms with van der Waals surface area (Å²) in [5.41, 5.74) is 6.54. The Balaban J connectivity index is 2.71. The molecule has 0 aliphatic rings. The first-order valence-electron chi connectivity index (χ1n) is 5.78. The number of ether oxygens (including phenoxy) is 1. The standard InChI is InChI=1S/C13H19NO3/c1-3-9(2)10-4-6-11(7-5-10)17-12(8-14)13(15)16/h4-7,9,12H,3,8,14H2,1-2H3,(H,15,16). The molecule has 0 aliphatic heterocycles. The number of carbonyl (C=O) groups is 1. The van der Waals surface area contributed by atoms with Gasteiger partial charge in [-0.2, -0.15) is 0 Å².